The van der Waals surface area contributed by atoms with E-state index in [4.69, 9.17) is 0 Å². The second-order valence-corrected chi connectivity index (χ2v) is 9.93. The molecule has 1 N–H and O–H groups in total. The molecule has 0 spiro atoms. The van der Waals surface area contributed by atoms with Gasteiger partial charge in [0.2, 0.25) is 5.91 Å². The van der Waals surface area contributed by atoms with E-state index in [0.29, 0.717) is 11.4 Å². The zero-order chi connectivity index (χ0) is 22.3. The molecule has 0 aliphatic carbocycles. The van der Waals surface area contributed by atoms with Crippen molar-refractivity contribution in [1.29, 1.82) is 0 Å². The lowest BCUT2D eigenvalue weighted by molar-refractivity contribution is -0.114. The van der Waals surface area contributed by atoms with Crippen LogP contribution in [0, 0.1) is 0 Å². The number of aryl methyl sites for hydroxylation is 1. The van der Waals surface area contributed by atoms with Crippen molar-refractivity contribution in [3.8, 4) is 0 Å². The third-order valence-corrected chi connectivity index (χ3v) is 7.05. The minimum absolute atomic E-state index is 0.128. The number of anilines is 2. The molecule has 3 rings (SSSR count). The Morgan fingerprint density at radius 2 is 1.68 bits per heavy atom. The molecular weight excluding hydrogens is 476 g/mol. The van der Waals surface area contributed by atoms with E-state index >= 15 is 0 Å². The number of benzene rings is 3. The standard InChI is InChI=1S/C24H25BrN2O3S/c1-2-3-8-19-13-15-21(16-14-19)26-24(28)18-27(22-10-7-9-20(25)17-22)31(29,30)23-11-5-4-6-12-23/h4-7,9-17H,2-3,8,18H2,1H3,(H,26,28). The highest BCUT2D eigenvalue weighted by Crippen LogP contribution is 2.26. The zero-order valence-corrected chi connectivity index (χ0v) is 19.7. The molecule has 7 heteroatoms. The summed E-state index contributed by atoms with van der Waals surface area (Å²) in [4.78, 5) is 12.9. The van der Waals surface area contributed by atoms with Crippen LogP contribution in [0.3, 0.4) is 0 Å². The van der Waals surface area contributed by atoms with Crippen LogP contribution in [0.25, 0.3) is 0 Å². The van der Waals surface area contributed by atoms with Crippen LogP contribution in [0.5, 0.6) is 0 Å². The predicted octanol–water partition coefficient (Wildman–Crippen LogP) is 5.63. The topological polar surface area (TPSA) is 66.5 Å². The van der Waals surface area contributed by atoms with Crippen molar-refractivity contribution in [2.75, 3.05) is 16.2 Å². The lowest BCUT2D eigenvalue weighted by Crippen LogP contribution is -2.38. The molecule has 0 saturated heterocycles. The second kappa shape index (κ2) is 10.6. The molecule has 0 heterocycles. The third kappa shape index (κ3) is 6.18. The summed E-state index contributed by atoms with van der Waals surface area (Å²) in [5.41, 5.74) is 2.25. The van der Waals surface area contributed by atoms with Crippen molar-refractivity contribution >= 4 is 43.2 Å². The van der Waals surface area contributed by atoms with Crippen LogP contribution >= 0.6 is 15.9 Å². The van der Waals surface area contributed by atoms with Gasteiger partial charge in [-0.3, -0.25) is 9.10 Å². The first-order chi connectivity index (χ1) is 14.9. The lowest BCUT2D eigenvalue weighted by Gasteiger charge is -2.24. The number of halogens is 1. The maximum Gasteiger partial charge on any atom is 0.264 e. The van der Waals surface area contributed by atoms with Crippen molar-refractivity contribution in [3.63, 3.8) is 0 Å². The molecule has 0 aliphatic rings. The van der Waals surface area contributed by atoms with Gasteiger partial charge in [-0.1, -0.05) is 65.7 Å². The Bertz CT molecular complexity index is 1120. The summed E-state index contributed by atoms with van der Waals surface area (Å²) >= 11 is 3.38. The first-order valence-electron chi connectivity index (χ1n) is 10.1. The molecule has 0 radical (unpaired) electrons. The van der Waals surface area contributed by atoms with E-state index in [1.165, 1.54) is 17.7 Å². The van der Waals surface area contributed by atoms with E-state index in [1.54, 1.807) is 42.5 Å². The van der Waals surface area contributed by atoms with Gasteiger partial charge in [-0.05, 0) is 60.9 Å². The highest BCUT2D eigenvalue weighted by molar-refractivity contribution is 9.10. The predicted molar refractivity (Wildman–Crippen MR) is 129 cm³/mol. The Labute approximate surface area is 192 Å². The van der Waals surface area contributed by atoms with Gasteiger partial charge in [-0.2, -0.15) is 0 Å². The van der Waals surface area contributed by atoms with Gasteiger partial charge >= 0.3 is 0 Å². The largest absolute Gasteiger partial charge is 0.325 e. The Morgan fingerprint density at radius 3 is 2.32 bits per heavy atom. The number of hydrogen-bond donors (Lipinski definition) is 1. The number of rotatable bonds is 9. The van der Waals surface area contributed by atoms with Crippen molar-refractivity contribution in [2.45, 2.75) is 31.1 Å². The summed E-state index contributed by atoms with van der Waals surface area (Å²) in [6.45, 7) is 1.81. The first-order valence-corrected chi connectivity index (χ1v) is 12.4. The van der Waals surface area contributed by atoms with Crippen LogP contribution in [-0.4, -0.2) is 20.9 Å². The molecule has 0 atom stereocenters. The molecule has 0 bridgehead atoms. The maximum absolute atomic E-state index is 13.3. The van der Waals surface area contributed by atoms with Crippen molar-refractivity contribution in [1.82, 2.24) is 0 Å². The summed E-state index contributed by atoms with van der Waals surface area (Å²) in [6, 6.07) is 22.7. The molecule has 0 aromatic heterocycles. The fourth-order valence-electron chi connectivity index (χ4n) is 3.13. The lowest BCUT2D eigenvalue weighted by atomic mass is 10.1. The van der Waals surface area contributed by atoms with Gasteiger partial charge in [0.15, 0.2) is 0 Å². The van der Waals surface area contributed by atoms with Crippen LogP contribution in [0.15, 0.2) is 88.2 Å². The van der Waals surface area contributed by atoms with Gasteiger partial charge in [0.1, 0.15) is 6.54 Å². The summed E-state index contributed by atoms with van der Waals surface area (Å²) in [5.74, 6) is -0.416. The van der Waals surface area contributed by atoms with E-state index in [-0.39, 0.29) is 11.4 Å². The van der Waals surface area contributed by atoms with Crippen molar-refractivity contribution in [2.24, 2.45) is 0 Å². The summed E-state index contributed by atoms with van der Waals surface area (Å²) in [6.07, 6.45) is 3.24. The van der Waals surface area contributed by atoms with Gasteiger partial charge < -0.3 is 5.32 Å². The van der Waals surface area contributed by atoms with E-state index in [2.05, 4.69) is 28.2 Å². The molecule has 162 valence electrons. The summed E-state index contributed by atoms with van der Waals surface area (Å²) in [5, 5.41) is 2.81. The summed E-state index contributed by atoms with van der Waals surface area (Å²) in [7, 11) is -3.92. The number of nitrogens with one attached hydrogen (secondary N) is 1. The zero-order valence-electron chi connectivity index (χ0n) is 17.3. The third-order valence-electron chi connectivity index (χ3n) is 4.77. The quantitative estimate of drug-likeness (QED) is 0.414. The van der Waals surface area contributed by atoms with Crippen LogP contribution in [0.4, 0.5) is 11.4 Å². The van der Waals surface area contributed by atoms with E-state index < -0.39 is 15.9 Å². The van der Waals surface area contributed by atoms with Crippen molar-refractivity contribution in [3.05, 3.63) is 88.9 Å². The SMILES string of the molecule is CCCCc1ccc(NC(=O)CN(c2cccc(Br)c2)S(=O)(=O)c2ccccc2)cc1. The van der Waals surface area contributed by atoms with Crippen molar-refractivity contribution < 1.29 is 13.2 Å². The van der Waals surface area contributed by atoms with Gasteiger partial charge in [-0.25, -0.2) is 8.42 Å². The number of carbonyl (C=O) groups is 1. The average Bonchev–Trinajstić information content (AvgIpc) is 2.77. The van der Waals surface area contributed by atoms with Gasteiger partial charge in [-0.15, -0.1) is 0 Å². The molecule has 0 saturated carbocycles. The molecule has 0 fully saturated rings. The summed E-state index contributed by atoms with van der Waals surface area (Å²) < 4.78 is 28.5. The van der Waals surface area contributed by atoms with Crippen LogP contribution < -0.4 is 9.62 Å². The minimum atomic E-state index is -3.92. The molecule has 5 nitrogen and oxygen atoms in total. The van der Waals surface area contributed by atoms with E-state index in [1.807, 2.05) is 24.3 Å². The molecule has 3 aromatic carbocycles. The molecule has 31 heavy (non-hydrogen) atoms. The van der Waals surface area contributed by atoms with Crippen LogP contribution in [0.2, 0.25) is 0 Å². The van der Waals surface area contributed by atoms with Crippen LogP contribution in [0.1, 0.15) is 25.3 Å². The smallest absolute Gasteiger partial charge is 0.264 e. The second-order valence-electron chi connectivity index (χ2n) is 7.15. The average molecular weight is 501 g/mol. The fourth-order valence-corrected chi connectivity index (χ4v) is 4.95. The maximum atomic E-state index is 13.3. The van der Waals surface area contributed by atoms with Gasteiger partial charge in [0, 0.05) is 10.2 Å². The molecule has 3 aromatic rings. The number of hydrogen-bond acceptors (Lipinski definition) is 3. The van der Waals surface area contributed by atoms with Crippen LogP contribution in [-0.2, 0) is 21.2 Å². The van der Waals surface area contributed by atoms with Gasteiger partial charge in [0.25, 0.3) is 10.0 Å². The Hall–Kier alpha value is -2.64. The highest BCUT2D eigenvalue weighted by Gasteiger charge is 2.27. The fraction of sp³-hybridized carbons (Fsp3) is 0.208. The minimum Gasteiger partial charge on any atom is -0.325 e. The Morgan fingerprint density at radius 1 is 0.968 bits per heavy atom. The normalized spacial score (nSPS) is 11.2. The highest BCUT2D eigenvalue weighted by atomic mass is 79.9. The van der Waals surface area contributed by atoms with E-state index in [9.17, 15) is 13.2 Å². The number of nitrogens with zero attached hydrogens (tertiary/aromatic N) is 1. The number of unbranched alkanes of at least 4 members (excludes halogenated alkanes) is 1. The number of carbonyl (C=O) groups excluding carboxylic acids is 1. The number of sulfonamides is 1. The number of amides is 1. The van der Waals surface area contributed by atoms with E-state index in [0.717, 1.165) is 28.0 Å². The first kappa shape index (κ1) is 23.0. The Kier molecular flexibility index (Phi) is 7.87. The monoisotopic (exact) mass is 500 g/mol. The Balaban J connectivity index is 1.82. The molecule has 0 unspecified atom stereocenters. The molecule has 1 amide bonds. The molecular formula is C24H25BrN2O3S. The molecule has 0 aliphatic heterocycles. The van der Waals surface area contributed by atoms with Gasteiger partial charge in [0.05, 0.1) is 10.6 Å².